The van der Waals surface area contributed by atoms with E-state index >= 15 is 0 Å². The molecule has 0 heterocycles. The first-order valence-electron chi connectivity index (χ1n) is 11.3. The van der Waals surface area contributed by atoms with Crippen molar-refractivity contribution in [3.05, 3.63) is 59.7 Å². The summed E-state index contributed by atoms with van der Waals surface area (Å²) in [7, 11) is -3.87. The van der Waals surface area contributed by atoms with E-state index in [0.29, 0.717) is 0 Å². The zero-order chi connectivity index (χ0) is 24.2. The van der Waals surface area contributed by atoms with Crippen LogP contribution in [0.4, 0.5) is 0 Å². The highest BCUT2D eigenvalue weighted by molar-refractivity contribution is 6.75. The lowest BCUT2D eigenvalue weighted by molar-refractivity contribution is 0.491. The fourth-order valence-corrected chi connectivity index (χ4v) is 4.49. The largest absolute Gasteiger partial charge is 0.543 e. The van der Waals surface area contributed by atoms with Crippen molar-refractivity contribution in [2.24, 2.45) is 10.2 Å². The Hall–Kier alpha value is -2.19. The van der Waals surface area contributed by atoms with Crippen LogP contribution in [0.5, 0.6) is 11.5 Å². The van der Waals surface area contributed by atoms with Gasteiger partial charge in [0.25, 0.3) is 16.6 Å². The molecule has 2 aromatic carbocycles. The lowest BCUT2D eigenvalue weighted by Gasteiger charge is -2.36. The lowest BCUT2D eigenvalue weighted by atomic mass is 10.2. The van der Waals surface area contributed by atoms with Crippen LogP contribution in [-0.4, -0.2) is 29.1 Å². The molecule has 0 bridgehead atoms. The van der Waals surface area contributed by atoms with Crippen molar-refractivity contribution in [3.63, 3.8) is 0 Å². The minimum absolute atomic E-state index is 0.128. The third-order valence-corrected chi connectivity index (χ3v) is 15.3. The van der Waals surface area contributed by atoms with Crippen molar-refractivity contribution in [3.8, 4) is 11.5 Å². The molecule has 174 valence electrons. The third kappa shape index (κ3) is 6.66. The Morgan fingerprint density at radius 2 is 0.906 bits per heavy atom. The Balaban J connectivity index is 2.21. The van der Waals surface area contributed by atoms with E-state index in [9.17, 15) is 0 Å². The fraction of sp³-hybridized carbons (Fsp3) is 0.462. The first-order valence-corrected chi connectivity index (χ1v) is 17.1. The van der Waals surface area contributed by atoms with Gasteiger partial charge >= 0.3 is 0 Å². The third-order valence-electron chi connectivity index (χ3n) is 6.64. The average molecular weight is 469 g/mol. The molecule has 0 aliphatic carbocycles. The van der Waals surface area contributed by atoms with Gasteiger partial charge in [-0.15, -0.1) is 0 Å². The first-order chi connectivity index (χ1) is 14.6. The van der Waals surface area contributed by atoms with E-state index in [1.54, 1.807) is 12.4 Å². The highest BCUT2D eigenvalue weighted by atomic mass is 28.4. The molecule has 4 nitrogen and oxygen atoms in total. The maximum absolute atomic E-state index is 6.50. The first kappa shape index (κ1) is 26.1. The zero-order valence-electron chi connectivity index (χ0n) is 21.5. The van der Waals surface area contributed by atoms with Crippen LogP contribution in [0, 0.1) is 0 Å². The topological polar surface area (TPSA) is 43.2 Å². The van der Waals surface area contributed by atoms with Crippen LogP contribution >= 0.6 is 0 Å². The predicted molar refractivity (Wildman–Crippen MR) is 144 cm³/mol. The molecule has 0 saturated carbocycles. The summed E-state index contributed by atoms with van der Waals surface area (Å²) >= 11 is 0. The molecule has 0 fully saturated rings. The van der Waals surface area contributed by atoms with Crippen LogP contribution in [0.25, 0.3) is 0 Å². The molecule has 0 aliphatic heterocycles. The summed E-state index contributed by atoms with van der Waals surface area (Å²) in [6.07, 6.45) is 3.52. The number of nitrogens with zero attached hydrogens (tertiary/aromatic N) is 2. The molecule has 6 heteroatoms. The summed E-state index contributed by atoms with van der Waals surface area (Å²) in [5.41, 5.74) is 1.86. The van der Waals surface area contributed by atoms with Crippen LogP contribution in [0.1, 0.15) is 52.7 Å². The Kier molecular flexibility index (Phi) is 7.94. The number of hydrogen-bond acceptors (Lipinski definition) is 4. The van der Waals surface area contributed by atoms with E-state index in [1.807, 2.05) is 48.5 Å². The van der Waals surface area contributed by atoms with Crippen molar-refractivity contribution < 1.29 is 8.85 Å². The van der Waals surface area contributed by atoms with Gasteiger partial charge in [-0.3, -0.25) is 0 Å². The maximum atomic E-state index is 6.50. The van der Waals surface area contributed by atoms with Crippen LogP contribution in [0.15, 0.2) is 58.7 Å². The Morgan fingerprint density at radius 1 is 0.594 bits per heavy atom. The SMILES string of the molecule is CC(C)(C)[Si](C)(C)Oc1ccccc1/C=N/N=C/c1ccccc1O[Si](C)(C)C(C)(C)C. The number of rotatable bonds is 7. The van der Waals surface area contributed by atoms with Crippen LogP contribution in [-0.2, 0) is 0 Å². The molecule has 0 saturated heterocycles. The molecule has 0 spiro atoms. The second kappa shape index (κ2) is 9.75. The van der Waals surface area contributed by atoms with E-state index in [-0.39, 0.29) is 10.1 Å². The van der Waals surface area contributed by atoms with Crippen LogP contribution in [0.2, 0.25) is 36.3 Å². The fourth-order valence-electron chi connectivity index (χ4n) is 2.41. The Bertz CT molecular complexity index is 889. The van der Waals surface area contributed by atoms with Crippen LogP contribution < -0.4 is 8.85 Å². The summed E-state index contributed by atoms with van der Waals surface area (Å²) in [5, 5.41) is 8.88. The zero-order valence-corrected chi connectivity index (χ0v) is 23.5. The summed E-state index contributed by atoms with van der Waals surface area (Å²) in [4.78, 5) is 0. The highest BCUT2D eigenvalue weighted by Gasteiger charge is 2.40. The molecule has 0 aliphatic rings. The maximum Gasteiger partial charge on any atom is 0.250 e. The standard InChI is InChI=1S/C26H40N2O2Si2/c1-25(2,3)31(7,8)29-23-17-13-11-15-21(23)19-27-28-20-22-16-12-14-18-24(22)30-32(9,10)26(4,5)6/h11-20H,1-10H3/b27-19+,28-20+. The molecule has 2 rings (SSSR count). The van der Waals surface area contributed by atoms with E-state index < -0.39 is 16.6 Å². The average Bonchev–Trinajstić information content (AvgIpc) is 2.65. The van der Waals surface area contributed by atoms with Gasteiger partial charge in [0, 0.05) is 11.1 Å². The molecule has 0 unspecified atom stereocenters. The molecular weight excluding hydrogens is 428 g/mol. The van der Waals surface area contributed by atoms with E-state index in [0.717, 1.165) is 22.6 Å². The molecular formula is C26H40N2O2Si2. The molecule has 32 heavy (non-hydrogen) atoms. The minimum atomic E-state index is -1.94. The summed E-state index contributed by atoms with van der Waals surface area (Å²) in [5.74, 6) is 1.72. The number of para-hydroxylation sites is 2. The van der Waals surface area contributed by atoms with Crippen molar-refractivity contribution >= 4 is 29.1 Å². The lowest BCUT2D eigenvalue weighted by Crippen LogP contribution is -2.44. The highest BCUT2D eigenvalue weighted by Crippen LogP contribution is 2.39. The molecule has 0 aromatic heterocycles. The van der Waals surface area contributed by atoms with Gasteiger partial charge in [0.2, 0.25) is 0 Å². The van der Waals surface area contributed by atoms with Crippen molar-refractivity contribution in [1.82, 2.24) is 0 Å². The van der Waals surface area contributed by atoms with Gasteiger partial charge in [-0.25, -0.2) is 0 Å². The van der Waals surface area contributed by atoms with E-state index in [1.165, 1.54) is 0 Å². The van der Waals surface area contributed by atoms with Crippen LogP contribution in [0.3, 0.4) is 0 Å². The summed E-state index contributed by atoms with van der Waals surface area (Å²) in [6, 6.07) is 16.0. The Labute approximate surface area is 197 Å². The van der Waals surface area contributed by atoms with Gasteiger partial charge in [-0.05, 0) is 60.5 Å². The normalized spacial score (nSPS) is 13.7. The summed E-state index contributed by atoms with van der Waals surface area (Å²) in [6.45, 7) is 22.4. The Morgan fingerprint density at radius 3 is 1.22 bits per heavy atom. The van der Waals surface area contributed by atoms with Gasteiger partial charge in [0.15, 0.2) is 0 Å². The number of hydrogen-bond donors (Lipinski definition) is 0. The van der Waals surface area contributed by atoms with Gasteiger partial charge < -0.3 is 8.85 Å². The van der Waals surface area contributed by atoms with Crippen molar-refractivity contribution in [2.75, 3.05) is 0 Å². The van der Waals surface area contributed by atoms with Gasteiger partial charge in [0.05, 0.1) is 12.4 Å². The second-order valence-electron chi connectivity index (χ2n) is 11.3. The predicted octanol–water partition coefficient (Wildman–Crippen LogP) is 7.91. The number of benzene rings is 2. The van der Waals surface area contributed by atoms with E-state index in [2.05, 4.69) is 77.9 Å². The molecule has 2 aromatic rings. The molecule has 0 atom stereocenters. The van der Waals surface area contributed by atoms with Gasteiger partial charge in [0.1, 0.15) is 11.5 Å². The van der Waals surface area contributed by atoms with Crippen molar-refractivity contribution in [2.45, 2.75) is 77.8 Å². The molecule has 0 amide bonds. The van der Waals surface area contributed by atoms with Gasteiger partial charge in [-0.1, -0.05) is 65.8 Å². The smallest absolute Gasteiger partial charge is 0.250 e. The molecule has 0 radical (unpaired) electrons. The van der Waals surface area contributed by atoms with Crippen molar-refractivity contribution in [1.29, 1.82) is 0 Å². The monoisotopic (exact) mass is 468 g/mol. The van der Waals surface area contributed by atoms with E-state index in [4.69, 9.17) is 8.85 Å². The second-order valence-corrected chi connectivity index (χ2v) is 20.7. The summed E-state index contributed by atoms with van der Waals surface area (Å²) < 4.78 is 13.0. The molecule has 0 N–H and O–H groups in total. The van der Waals surface area contributed by atoms with Gasteiger partial charge in [-0.2, -0.15) is 10.2 Å². The quantitative estimate of drug-likeness (QED) is 0.235. The minimum Gasteiger partial charge on any atom is -0.543 e.